The molecule has 1 fully saturated rings. The Balaban J connectivity index is 2.23. The zero-order valence-electron chi connectivity index (χ0n) is 10.4. The molecule has 6 nitrogen and oxygen atoms in total. The molecule has 0 bridgehead atoms. The molecule has 1 heterocycles. The highest BCUT2D eigenvalue weighted by Crippen LogP contribution is 2.28. The Labute approximate surface area is 109 Å². The highest BCUT2D eigenvalue weighted by atomic mass is 19.1. The average molecular weight is 267 g/mol. The van der Waals surface area contributed by atoms with Gasteiger partial charge in [0.25, 0.3) is 5.69 Å². The van der Waals surface area contributed by atoms with E-state index in [1.165, 1.54) is 6.07 Å². The van der Waals surface area contributed by atoms with Crippen LogP contribution >= 0.6 is 0 Å². The van der Waals surface area contributed by atoms with Crippen LogP contribution in [0.5, 0.6) is 0 Å². The highest BCUT2D eigenvalue weighted by molar-refractivity contribution is 5.95. The van der Waals surface area contributed by atoms with Crippen molar-refractivity contribution in [1.82, 2.24) is 5.32 Å². The van der Waals surface area contributed by atoms with E-state index in [0.29, 0.717) is 13.0 Å². The molecule has 19 heavy (non-hydrogen) atoms. The van der Waals surface area contributed by atoms with Gasteiger partial charge in [-0.1, -0.05) is 6.07 Å². The summed E-state index contributed by atoms with van der Waals surface area (Å²) >= 11 is 0. The summed E-state index contributed by atoms with van der Waals surface area (Å²) in [6, 6.07) is 3.46. The lowest BCUT2D eigenvalue weighted by Gasteiger charge is -2.15. The van der Waals surface area contributed by atoms with Gasteiger partial charge in [-0.2, -0.15) is 0 Å². The summed E-state index contributed by atoms with van der Waals surface area (Å²) < 4.78 is 13.6. The number of nitro benzene ring substituents is 1. The lowest BCUT2D eigenvalue weighted by atomic mass is 10.0. The van der Waals surface area contributed by atoms with E-state index in [-0.39, 0.29) is 17.6 Å². The van der Waals surface area contributed by atoms with Crippen molar-refractivity contribution < 1.29 is 14.1 Å². The predicted octanol–water partition coefficient (Wildman–Crippen LogP) is 1.67. The fourth-order valence-electron chi connectivity index (χ4n) is 2.22. The molecule has 0 radical (unpaired) electrons. The predicted molar refractivity (Wildman–Crippen MR) is 67.3 cm³/mol. The number of amides is 1. The third-order valence-electron chi connectivity index (χ3n) is 3.30. The number of para-hydroxylation sites is 1. The molecule has 2 N–H and O–H groups in total. The van der Waals surface area contributed by atoms with Crippen LogP contribution in [0.1, 0.15) is 13.3 Å². The Bertz CT molecular complexity index is 521. The van der Waals surface area contributed by atoms with Gasteiger partial charge in [0.15, 0.2) is 11.5 Å². The van der Waals surface area contributed by atoms with Crippen molar-refractivity contribution in [2.24, 2.45) is 5.92 Å². The smallest absolute Gasteiger partial charge is 0.295 e. The van der Waals surface area contributed by atoms with E-state index >= 15 is 0 Å². The van der Waals surface area contributed by atoms with Crippen molar-refractivity contribution in [2.45, 2.75) is 19.4 Å². The van der Waals surface area contributed by atoms with Crippen molar-refractivity contribution in [1.29, 1.82) is 0 Å². The molecule has 1 aliphatic heterocycles. The number of nitrogens with one attached hydrogen (secondary N) is 2. The van der Waals surface area contributed by atoms with E-state index in [0.717, 1.165) is 12.1 Å². The summed E-state index contributed by atoms with van der Waals surface area (Å²) in [6.45, 7) is 2.56. The van der Waals surface area contributed by atoms with Gasteiger partial charge in [-0.25, -0.2) is 4.39 Å². The van der Waals surface area contributed by atoms with E-state index in [2.05, 4.69) is 10.6 Å². The molecule has 0 saturated carbocycles. The fourth-order valence-corrected chi connectivity index (χ4v) is 2.22. The molecule has 2 atom stereocenters. The zero-order chi connectivity index (χ0) is 14.0. The molecule has 1 amide bonds. The summed E-state index contributed by atoms with van der Waals surface area (Å²) in [7, 11) is 0. The van der Waals surface area contributed by atoms with Crippen molar-refractivity contribution >= 4 is 17.3 Å². The lowest BCUT2D eigenvalue weighted by Crippen LogP contribution is -2.32. The third kappa shape index (κ3) is 2.70. The standard InChI is InChI=1S/C12H14FN3O3/c1-7-8(5-6-14-7)12(17)15-11-9(13)3-2-4-10(11)16(18)19/h2-4,7-8,14H,5-6H2,1H3,(H,15,17). The number of rotatable bonds is 3. The maximum Gasteiger partial charge on any atom is 0.295 e. The first-order valence-corrected chi connectivity index (χ1v) is 5.98. The summed E-state index contributed by atoms with van der Waals surface area (Å²) in [6.07, 6.45) is 0.634. The van der Waals surface area contributed by atoms with E-state index in [1.807, 2.05) is 6.92 Å². The van der Waals surface area contributed by atoms with E-state index in [9.17, 15) is 19.3 Å². The van der Waals surface area contributed by atoms with Crippen LogP contribution in [-0.2, 0) is 4.79 Å². The number of nitrogens with zero attached hydrogens (tertiary/aromatic N) is 1. The molecule has 7 heteroatoms. The summed E-state index contributed by atoms with van der Waals surface area (Å²) in [5.41, 5.74) is -0.802. The molecular weight excluding hydrogens is 253 g/mol. The highest BCUT2D eigenvalue weighted by Gasteiger charge is 2.31. The van der Waals surface area contributed by atoms with Gasteiger partial charge in [0.05, 0.1) is 10.8 Å². The monoisotopic (exact) mass is 267 g/mol. The van der Waals surface area contributed by atoms with E-state index < -0.39 is 22.3 Å². The molecule has 0 spiro atoms. The largest absolute Gasteiger partial charge is 0.318 e. The number of carbonyl (C=O) groups excluding carboxylic acids is 1. The van der Waals surface area contributed by atoms with Crippen LogP contribution < -0.4 is 10.6 Å². The number of nitro groups is 1. The number of hydrogen-bond acceptors (Lipinski definition) is 4. The van der Waals surface area contributed by atoms with Crippen LogP contribution in [0.3, 0.4) is 0 Å². The van der Waals surface area contributed by atoms with Crippen LogP contribution in [0.4, 0.5) is 15.8 Å². The number of hydrogen-bond donors (Lipinski definition) is 2. The number of halogens is 1. The lowest BCUT2D eigenvalue weighted by molar-refractivity contribution is -0.384. The second-order valence-corrected chi connectivity index (χ2v) is 4.52. The Morgan fingerprint density at radius 1 is 1.58 bits per heavy atom. The maximum absolute atomic E-state index is 13.6. The quantitative estimate of drug-likeness (QED) is 0.644. The Hall–Kier alpha value is -2.02. The molecule has 0 aromatic heterocycles. The van der Waals surface area contributed by atoms with Gasteiger partial charge in [0.2, 0.25) is 5.91 Å². The van der Waals surface area contributed by atoms with E-state index in [1.54, 1.807) is 0 Å². The fraction of sp³-hybridized carbons (Fsp3) is 0.417. The molecule has 0 aliphatic carbocycles. The Morgan fingerprint density at radius 3 is 2.89 bits per heavy atom. The minimum atomic E-state index is -0.804. The summed E-state index contributed by atoms with van der Waals surface area (Å²) in [5, 5.41) is 16.3. The number of anilines is 1. The first kappa shape index (κ1) is 13.4. The van der Waals surface area contributed by atoms with E-state index in [4.69, 9.17) is 0 Å². The Kier molecular flexibility index (Phi) is 3.75. The van der Waals surface area contributed by atoms with Crippen LogP contribution in [0.25, 0.3) is 0 Å². The SMILES string of the molecule is CC1NCCC1C(=O)Nc1c(F)cccc1[N+](=O)[O-]. The Morgan fingerprint density at radius 2 is 2.32 bits per heavy atom. The third-order valence-corrected chi connectivity index (χ3v) is 3.30. The zero-order valence-corrected chi connectivity index (χ0v) is 10.4. The van der Waals surface area contributed by atoms with Gasteiger partial charge < -0.3 is 10.6 Å². The second-order valence-electron chi connectivity index (χ2n) is 4.52. The van der Waals surface area contributed by atoms with Crippen LogP contribution in [0.2, 0.25) is 0 Å². The molecule has 2 unspecified atom stereocenters. The van der Waals surface area contributed by atoms with Gasteiger partial charge in [-0.15, -0.1) is 0 Å². The second kappa shape index (κ2) is 5.31. The van der Waals surface area contributed by atoms with Crippen molar-refractivity contribution in [3.05, 3.63) is 34.1 Å². The van der Waals surface area contributed by atoms with Gasteiger partial charge in [0.1, 0.15) is 0 Å². The van der Waals surface area contributed by atoms with Gasteiger partial charge in [-0.3, -0.25) is 14.9 Å². The molecule has 1 saturated heterocycles. The number of carbonyl (C=O) groups is 1. The van der Waals surface area contributed by atoms with Crippen molar-refractivity contribution in [3.8, 4) is 0 Å². The summed E-state index contributed by atoms with van der Waals surface area (Å²) in [5.74, 6) is -1.51. The molecule has 1 aromatic rings. The first-order chi connectivity index (χ1) is 9.00. The average Bonchev–Trinajstić information content (AvgIpc) is 2.77. The molecule has 1 aliphatic rings. The first-order valence-electron chi connectivity index (χ1n) is 5.98. The summed E-state index contributed by atoms with van der Waals surface area (Å²) in [4.78, 5) is 22.1. The molecular formula is C12H14FN3O3. The topological polar surface area (TPSA) is 84.3 Å². The van der Waals surface area contributed by atoms with Gasteiger partial charge >= 0.3 is 0 Å². The van der Waals surface area contributed by atoms with Gasteiger partial charge in [-0.05, 0) is 26.0 Å². The van der Waals surface area contributed by atoms with Gasteiger partial charge in [0, 0.05) is 12.1 Å². The number of benzene rings is 1. The van der Waals surface area contributed by atoms with Crippen molar-refractivity contribution in [3.63, 3.8) is 0 Å². The van der Waals surface area contributed by atoms with Crippen LogP contribution in [0.15, 0.2) is 18.2 Å². The molecule has 1 aromatic carbocycles. The van der Waals surface area contributed by atoms with Crippen LogP contribution in [0, 0.1) is 21.8 Å². The molecule has 102 valence electrons. The van der Waals surface area contributed by atoms with Crippen LogP contribution in [-0.4, -0.2) is 23.4 Å². The molecule has 2 rings (SSSR count). The van der Waals surface area contributed by atoms with Crippen molar-refractivity contribution in [2.75, 3.05) is 11.9 Å². The normalized spacial score (nSPS) is 22.2. The minimum absolute atomic E-state index is 0.0224. The maximum atomic E-state index is 13.6. The minimum Gasteiger partial charge on any atom is -0.318 e.